The first kappa shape index (κ1) is 24.6. The summed E-state index contributed by atoms with van der Waals surface area (Å²) in [4.78, 5) is 3.58. The molecule has 2 aliphatic carbocycles. The predicted molar refractivity (Wildman–Crippen MR) is 120 cm³/mol. The molecule has 6 nitrogen and oxygen atoms in total. The maximum absolute atomic E-state index is 15.5. The molecule has 0 radical (unpaired) electrons. The van der Waals surface area contributed by atoms with E-state index in [-0.39, 0.29) is 39.5 Å². The highest BCUT2D eigenvalue weighted by molar-refractivity contribution is 7.89. The fourth-order valence-electron chi connectivity index (χ4n) is 5.03. The Morgan fingerprint density at radius 3 is 2.47 bits per heavy atom. The quantitative estimate of drug-likeness (QED) is 0.437. The fraction of sp³-hybridized carbons (Fsp3) is 0.417. The van der Waals surface area contributed by atoms with Gasteiger partial charge >= 0.3 is 6.18 Å². The highest BCUT2D eigenvalue weighted by atomic mass is 32.2. The van der Waals surface area contributed by atoms with Gasteiger partial charge in [0.15, 0.2) is 5.82 Å². The number of pyridine rings is 1. The van der Waals surface area contributed by atoms with Crippen LogP contribution in [0.1, 0.15) is 55.7 Å². The van der Waals surface area contributed by atoms with Gasteiger partial charge < -0.3 is 4.57 Å². The SMILES string of the molecule is Cc1c(F)cc2c(C#N)c(-c3ncccc3S(=O)(=O)NC3(C(F)(F)F)CC3)n(C3CCCC3)c2c1F. The minimum atomic E-state index is -4.79. The van der Waals surface area contributed by atoms with Crippen molar-refractivity contribution < 1.29 is 30.4 Å². The minimum absolute atomic E-state index is 0.0454. The first-order chi connectivity index (χ1) is 16.9. The molecule has 190 valence electrons. The van der Waals surface area contributed by atoms with Crippen LogP contribution in [0.3, 0.4) is 0 Å². The number of nitrogens with one attached hydrogen (secondary N) is 1. The Kier molecular flexibility index (Phi) is 5.64. The number of hydrogen-bond acceptors (Lipinski definition) is 4. The van der Waals surface area contributed by atoms with Crippen molar-refractivity contribution in [2.75, 3.05) is 0 Å². The van der Waals surface area contributed by atoms with Gasteiger partial charge in [-0.2, -0.15) is 23.2 Å². The molecule has 0 spiro atoms. The van der Waals surface area contributed by atoms with Crippen LogP contribution in [0.25, 0.3) is 22.3 Å². The third-order valence-corrected chi connectivity index (χ3v) is 8.69. The topological polar surface area (TPSA) is 87.8 Å². The molecule has 12 heteroatoms. The second-order valence-electron chi connectivity index (χ2n) is 9.37. The molecule has 2 aromatic heterocycles. The fourth-order valence-corrected chi connectivity index (χ4v) is 6.63. The van der Waals surface area contributed by atoms with Gasteiger partial charge in [-0.15, -0.1) is 0 Å². The Labute approximate surface area is 203 Å². The lowest BCUT2D eigenvalue weighted by Gasteiger charge is -2.22. The molecule has 0 unspecified atom stereocenters. The van der Waals surface area contributed by atoms with Gasteiger partial charge in [-0.3, -0.25) is 4.98 Å². The van der Waals surface area contributed by atoms with E-state index in [4.69, 9.17) is 0 Å². The number of nitriles is 1. The van der Waals surface area contributed by atoms with Crippen LogP contribution in [0, 0.1) is 29.9 Å². The maximum Gasteiger partial charge on any atom is 0.407 e. The maximum atomic E-state index is 15.5. The third-order valence-electron chi connectivity index (χ3n) is 7.12. The molecule has 3 aromatic rings. The van der Waals surface area contributed by atoms with Crippen LogP contribution in [-0.2, 0) is 10.0 Å². The van der Waals surface area contributed by atoms with Gasteiger partial charge in [0, 0.05) is 23.2 Å². The van der Waals surface area contributed by atoms with Crippen LogP contribution >= 0.6 is 0 Å². The van der Waals surface area contributed by atoms with Gasteiger partial charge in [-0.25, -0.2) is 17.2 Å². The molecule has 1 aromatic carbocycles. The van der Waals surface area contributed by atoms with Crippen molar-refractivity contribution in [2.24, 2.45) is 0 Å². The zero-order valence-electron chi connectivity index (χ0n) is 19.1. The second-order valence-corrected chi connectivity index (χ2v) is 11.0. The molecule has 2 heterocycles. The molecule has 2 saturated carbocycles. The van der Waals surface area contributed by atoms with Gasteiger partial charge in [0.05, 0.1) is 16.8 Å². The van der Waals surface area contributed by atoms with Gasteiger partial charge in [0.2, 0.25) is 10.0 Å². The van der Waals surface area contributed by atoms with Crippen LogP contribution in [0.2, 0.25) is 0 Å². The summed E-state index contributed by atoms with van der Waals surface area (Å²) in [5, 5.41) is 9.99. The number of nitrogens with zero attached hydrogens (tertiary/aromatic N) is 3. The van der Waals surface area contributed by atoms with E-state index in [0.717, 1.165) is 25.0 Å². The number of hydrogen-bond donors (Lipinski definition) is 1. The van der Waals surface area contributed by atoms with Crippen LogP contribution in [0.4, 0.5) is 22.0 Å². The van der Waals surface area contributed by atoms with E-state index in [9.17, 15) is 31.2 Å². The Balaban J connectivity index is 1.81. The molecule has 0 amide bonds. The highest BCUT2D eigenvalue weighted by Crippen LogP contribution is 2.50. The molecule has 36 heavy (non-hydrogen) atoms. The number of benzene rings is 1. The first-order valence-corrected chi connectivity index (χ1v) is 12.9. The van der Waals surface area contributed by atoms with Crippen molar-refractivity contribution in [1.82, 2.24) is 14.3 Å². The molecule has 0 aliphatic heterocycles. The number of alkyl halides is 3. The summed E-state index contributed by atoms with van der Waals surface area (Å²) in [5.41, 5.74) is -3.42. The summed E-state index contributed by atoms with van der Waals surface area (Å²) >= 11 is 0. The lowest BCUT2D eigenvalue weighted by molar-refractivity contribution is -0.160. The van der Waals surface area contributed by atoms with Crippen molar-refractivity contribution in [3.8, 4) is 17.5 Å². The number of sulfonamides is 1. The predicted octanol–water partition coefficient (Wildman–Crippen LogP) is 5.65. The average molecular weight is 525 g/mol. The summed E-state index contributed by atoms with van der Waals surface area (Å²) in [7, 11) is -4.77. The number of fused-ring (bicyclic) bond motifs is 1. The van der Waals surface area contributed by atoms with Gasteiger partial charge in [-0.1, -0.05) is 12.8 Å². The van der Waals surface area contributed by atoms with Crippen LogP contribution < -0.4 is 4.72 Å². The van der Waals surface area contributed by atoms with E-state index in [1.54, 1.807) is 4.72 Å². The van der Waals surface area contributed by atoms with Gasteiger partial charge in [-0.05, 0) is 50.8 Å². The third kappa shape index (κ3) is 3.67. The Hall–Kier alpha value is -3.04. The zero-order chi connectivity index (χ0) is 26.0. The van der Waals surface area contributed by atoms with E-state index in [1.165, 1.54) is 23.8 Å². The lowest BCUT2D eigenvalue weighted by Crippen LogP contribution is -2.47. The number of aromatic nitrogens is 2. The van der Waals surface area contributed by atoms with E-state index in [1.807, 2.05) is 6.07 Å². The van der Waals surface area contributed by atoms with Crippen LogP contribution in [0.15, 0.2) is 29.3 Å². The normalized spacial score (nSPS) is 18.0. The zero-order valence-corrected chi connectivity index (χ0v) is 19.9. The van der Waals surface area contributed by atoms with E-state index in [0.29, 0.717) is 12.8 Å². The molecule has 0 saturated heterocycles. The molecule has 0 bridgehead atoms. The second kappa shape index (κ2) is 8.24. The number of halogens is 5. The summed E-state index contributed by atoms with van der Waals surface area (Å²) in [6, 6.07) is 4.97. The van der Waals surface area contributed by atoms with Crippen molar-refractivity contribution >= 4 is 20.9 Å². The average Bonchev–Trinajstić information content (AvgIpc) is 3.27. The van der Waals surface area contributed by atoms with Gasteiger partial charge in [0.25, 0.3) is 0 Å². The molecule has 2 fully saturated rings. The Morgan fingerprint density at radius 1 is 1.22 bits per heavy atom. The molecular weight excluding hydrogens is 503 g/mol. The largest absolute Gasteiger partial charge is 0.407 e. The monoisotopic (exact) mass is 524 g/mol. The van der Waals surface area contributed by atoms with Crippen molar-refractivity contribution in [3.05, 3.63) is 47.2 Å². The molecular formula is C24H21F5N4O2S. The van der Waals surface area contributed by atoms with Crippen molar-refractivity contribution in [3.63, 3.8) is 0 Å². The van der Waals surface area contributed by atoms with Crippen LogP contribution in [-0.4, -0.2) is 29.7 Å². The smallest absolute Gasteiger partial charge is 0.333 e. The van der Waals surface area contributed by atoms with Gasteiger partial charge in [0.1, 0.15) is 28.0 Å². The van der Waals surface area contributed by atoms with E-state index < -0.39 is 51.1 Å². The van der Waals surface area contributed by atoms with Crippen LogP contribution in [0.5, 0.6) is 0 Å². The summed E-state index contributed by atoms with van der Waals surface area (Å²) in [6.45, 7) is 1.26. The molecule has 1 N–H and O–H groups in total. The van der Waals surface area contributed by atoms with E-state index in [2.05, 4.69) is 4.98 Å². The Morgan fingerprint density at radius 2 is 1.89 bits per heavy atom. The summed E-state index contributed by atoms with van der Waals surface area (Å²) in [6.07, 6.45) is -1.55. The minimum Gasteiger partial charge on any atom is -0.333 e. The van der Waals surface area contributed by atoms with Crippen molar-refractivity contribution in [1.29, 1.82) is 5.26 Å². The summed E-state index contributed by atoms with van der Waals surface area (Å²) < 4.78 is 100. The molecule has 2 aliphatic rings. The summed E-state index contributed by atoms with van der Waals surface area (Å²) in [5.74, 6) is -1.75. The van der Waals surface area contributed by atoms with E-state index >= 15 is 4.39 Å². The standard InChI is InChI=1S/C24H21F5N4O2S/c1-13-17(25)11-15-16(12-30)22(33(21(15)19(13)26)14-5-2-3-6-14)20-18(7-4-10-31-20)36(34,35)32-23(8-9-23)24(27,28)29/h4,7,10-11,14,32H,2-3,5-6,8-9H2,1H3. The first-order valence-electron chi connectivity index (χ1n) is 11.4. The highest BCUT2D eigenvalue weighted by Gasteiger charge is 2.65. The molecule has 5 rings (SSSR count). The number of rotatable bonds is 5. The van der Waals surface area contributed by atoms with Crippen molar-refractivity contribution in [2.45, 2.75) is 68.1 Å². The Bertz CT molecular complexity index is 1530. The molecule has 0 atom stereocenters. The lowest BCUT2D eigenvalue weighted by atomic mass is 10.1.